The Kier molecular flexibility index (Phi) is 7.20. The third kappa shape index (κ3) is 5.45. The molecule has 3 aromatic rings. The van der Waals surface area contributed by atoms with Crippen LogP contribution in [0.2, 0.25) is 5.02 Å². The maximum absolute atomic E-state index is 11.3. The molecule has 0 radical (unpaired) electrons. The molecule has 0 heterocycles. The molecule has 30 heavy (non-hydrogen) atoms. The molecule has 0 amide bonds. The number of anilines is 1. The molecule has 0 atom stereocenters. The number of carbonyl (C=O) groups is 1. The van der Waals surface area contributed by atoms with Gasteiger partial charge in [0.2, 0.25) is 0 Å². The summed E-state index contributed by atoms with van der Waals surface area (Å²) in [4.78, 5) is 11.3. The lowest BCUT2D eigenvalue weighted by Crippen LogP contribution is -2.06. The van der Waals surface area contributed by atoms with E-state index in [9.17, 15) is 9.90 Å². The van der Waals surface area contributed by atoms with E-state index in [0.717, 1.165) is 16.8 Å². The zero-order valence-electron chi connectivity index (χ0n) is 16.9. The van der Waals surface area contributed by atoms with E-state index in [0.29, 0.717) is 47.4 Å². The maximum atomic E-state index is 11.3. The molecular weight excluding hydrogens is 402 g/mol. The number of hydrogen-bond acceptors (Lipinski definition) is 4. The number of hydrogen-bond donors (Lipinski definition) is 2. The number of ether oxygens (including phenoxy) is 2. The van der Waals surface area contributed by atoms with Gasteiger partial charge in [0.15, 0.2) is 11.5 Å². The molecule has 0 aliphatic rings. The smallest absolute Gasteiger partial charge is 0.336 e. The van der Waals surface area contributed by atoms with Gasteiger partial charge in [-0.2, -0.15) is 0 Å². The van der Waals surface area contributed by atoms with Gasteiger partial charge < -0.3 is 19.9 Å². The standard InChI is InChI=1S/C24H24ClNO4/c1-3-29-23-13-18(14-26-21-6-4-5-20(16(21)2)24(27)28)9-12-22(23)30-15-17-7-10-19(25)11-8-17/h4-13,26H,3,14-15H2,1-2H3,(H,27,28). The molecule has 0 aliphatic carbocycles. The van der Waals surface area contributed by atoms with E-state index >= 15 is 0 Å². The van der Waals surface area contributed by atoms with E-state index in [2.05, 4.69) is 5.32 Å². The summed E-state index contributed by atoms with van der Waals surface area (Å²) in [6.45, 7) is 5.19. The normalized spacial score (nSPS) is 10.5. The van der Waals surface area contributed by atoms with Crippen LogP contribution < -0.4 is 14.8 Å². The summed E-state index contributed by atoms with van der Waals surface area (Å²) in [7, 11) is 0. The van der Waals surface area contributed by atoms with E-state index in [-0.39, 0.29) is 0 Å². The molecule has 0 aliphatic heterocycles. The highest BCUT2D eigenvalue weighted by Crippen LogP contribution is 2.30. The minimum atomic E-state index is -0.933. The highest BCUT2D eigenvalue weighted by atomic mass is 35.5. The van der Waals surface area contributed by atoms with E-state index in [1.807, 2.05) is 55.5 Å². The van der Waals surface area contributed by atoms with Crippen LogP contribution in [-0.2, 0) is 13.2 Å². The summed E-state index contributed by atoms with van der Waals surface area (Å²) in [6.07, 6.45) is 0. The first-order valence-electron chi connectivity index (χ1n) is 9.67. The average Bonchev–Trinajstić information content (AvgIpc) is 2.73. The van der Waals surface area contributed by atoms with Crippen molar-refractivity contribution in [2.45, 2.75) is 27.0 Å². The molecule has 0 bridgehead atoms. The number of halogens is 1. The molecular formula is C24H24ClNO4. The van der Waals surface area contributed by atoms with Gasteiger partial charge in [-0.05, 0) is 66.9 Å². The SMILES string of the molecule is CCOc1cc(CNc2cccc(C(=O)O)c2C)ccc1OCc1ccc(Cl)cc1. The molecule has 3 aromatic carbocycles. The largest absolute Gasteiger partial charge is 0.490 e. The van der Waals surface area contributed by atoms with Crippen molar-refractivity contribution in [3.8, 4) is 11.5 Å². The molecule has 3 rings (SSSR count). The number of carboxylic acid groups (broad SMARTS) is 1. The minimum Gasteiger partial charge on any atom is -0.490 e. The highest BCUT2D eigenvalue weighted by molar-refractivity contribution is 6.30. The molecule has 0 saturated heterocycles. The van der Waals surface area contributed by atoms with Crippen LogP contribution in [0.5, 0.6) is 11.5 Å². The van der Waals surface area contributed by atoms with Crippen LogP contribution in [-0.4, -0.2) is 17.7 Å². The van der Waals surface area contributed by atoms with Crippen molar-refractivity contribution in [2.75, 3.05) is 11.9 Å². The first kappa shape index (κ1) is 21.5. The summed E-state index contributed by atoms with van der Waals surface area (Å²) in [6, 6.07) is 18.5. The van der Waals surface area contributed by atoms with Crippen molar-refractivity contribution in [3.63, 3.8) is 0 Å². The topological polar surface area (TPSA) is 67.8 Å². The number of carboxylic acids is 1. The Bertz CT molecular complexity index is 1020. The Balaban J connectivity index is 1.71. The number of nitrogens with one attached hydrogen (secondary N) is 1. The predicted molar refractivity (Wildman–Crippen MR) is 119 cm³/mol. The van der Waals surface area contributed by atoms with Gasteiger partial charge in [-0.1, -0.05) is 35.9 Å². The minimum absolute atomic E-state index is 0.293. The van der Waals surface area contributed by atoms with Crippen LogP contribution in [0.25, 0.3) is 0 Å². The molecule has 156 valence electrons. The number of benzene rings is 3. The first-order chi connectivity index (χ1) is 14.5. The Morgan fingerprint density at radius 2 is 1.73 bits per heavy atom. The van der Waals surface area contributed by atoms with Gasteiger partial charge in [0.1, 0.15) is 6.61 Å². The van der Waals surface area contributed by atoms with Gasteiger partial charge in [0.05, 0.1) is 12.2 Å². The van der Waals surface area contributed by atoms with E-state index in [1.54, 1.807) is 19.1 Å². The third-order valence-corrected chi connectivity index (χ3v) is 4.91. The first-order valence-corrected chi connectivity index (χ1v) is 10.1. The van der Waals surface area contributed by atoms with Crippen molar-refractivity contribution in [1.82, 2.24) is 0 Å². The van der Waals surface area contributed by atoms with Crippen molar-refractivity contribution >= 4 is 23.3 Å². The second-order valence-electron chi connectivity index (χ2n) is 6.77. The summed E-state index contributed by atoms with van der Waals surface area (Å²) in [5.41, 5.74) is 3.80. The van der Waals surface area contributed by atoms with Crippen LogP contribution in [0.1, 0.15) is 34.0 Å². The van der Waals surface area contributed by atoms with Gasteiger partial charge in [0, 0.05) is 17.3 Å². The molecule has 0 fully saturated rings. The Hall–Kier alpha value is -3.18. The second kappa shape index (κ2) is 10.0. The van der Waals surface area contributed by atoms with Crippen LogP contribution in [0.4, 0.5) is 5.69 Å². The summed E-state index contributed by atoms with van der Waals surface area (Å²) in [5.74, 6) is 0.401. The zero-order chi connectivity index (χ0) is 21.5. The number of rotatable bonds is 9. The van der Waals surface area contributed by atoms with Crippen LogP contribution in [0.15, 0.2) is 60.7 Å². The zero-order valence-corrected chi connectivity index (χ0v) is 17.7. The third-order valence-electron chi connectivity index (χ3n) is 4.66. The molecule has 0 aromatic heterocycles. The van der Waals surface area contributed by atoms with Crippen molar-refractivity contribution < 1.29 is 19.4 Å². The number of aromatic carboxylic acids is 1. The van der Waals surface area contributed by atoms with Gasteiger partial charge in [0.25, 0.3) is 0 Å². The van der Waals surface area contributed by atoms with Crippen molar-refractivity contribution in [1.29, 1.82) is 0 Å². The predicted octanol–water partition coefficient (Wildman–Crippen LogP) is 5.94. The van der Waals surface area contributed by atoms with E-state index in [4.69, 9.17) is 21.1 Å². The quantitative estimate of drug-likeness (QED) is 0.444. The van der Waals surface area contributed by atoms with E-state index < -0.39 is 5.97 Å². The van der Waals surface area contributed by atoms with Crippen molar-refractivity contribution in [2.24, 2.45) is 0 Å². The maximum Gasteiger partial charge on any atom is 0.336 e. The van der Waals surface area contributed by atoms with Crippen LogP contribution >= 0.6 is 11.6 Å². The monoisotopic (exact) mass is 425 g/mol. The van der Waals surface area contributed by atoms with Gasteiger partial charge >= 0.3 is 5.97 Å². The molecule has 0 unspecified atom stereocenters. The fraction of sp³-hybridized carbons (Fsp3) is 0.208. The lowest BCUT2D eigenvalue weighted by Gasteiger charge is -2.15. The summed E-state index contributed by atoms with van der Waals surface area (Å²) in [5, 5.41) is 13.3. The van der Waals surface area contributed by atoms with Gasteiger partial charge in [-0.15, -0.1) is 0 Å². The molecule has 6 heteroatoms. The van der Waals surface area contributed by atoms with E-state index in [1.165, 1.54) is 0 Å². The fourth-order valence-corrected chi connectivity index (χ4v) is 3.17. The second-order valence-corrected chi connectivity index (χ2v) is 7.20. The van der Waals surface area contributed by atoms with Gasteiger partial charge in [-0.3, -0.25) is 0 Å². The Labute approximate surface area is 181 Å². The fourth-order valence-electron chi connectivity index (χ4n) is 3.05. The molecule has 0 saturated carbocycles. The summed E-state index contributed by atoms with van der Waals surface area (Å²) >= 11 is 5.92. The molecule has 2 N–H and O–H groups in total. The summed E-state index contributed by atoms with van der Waals surface area (Å²) < 4.78 is 11.7. The van der Waals surface area contributed by atoms with Gasteiger partial charge in [-0.25, -0.2) is 4.79 Å². The highest BCUT2D eigenvalue weighted by Gasteiger charge is 2.11. The molecule has 0 spiro atoms. The lowest BCUT2D eigenvalue weighted by molar-refractivity contribution is 0.0696. The van der Waals surface area contributed by atoms with Crippen LogP contribution in [0, 0.1) is 6.92 Å². The lowest BCUT2D eigenvalue weighted by atomic mass is 10.1. The Morgan fingerprint density at radius 1 is 1.00 bits per heavy atom. The average molecular weight is 426 g/mol. The van der Waals surface area contributed by atoms with Crippen LogP contribution in [0.3, 0.4) is 0 Å². The Morgan fingerprint density at radius 3 is 2.43 bits per heavy atom. The van der Waals surface area contributed by atoms with Crippen molar-refractivity contribution in [3.05, 3.63) is 87.9 Å². The molecule has 5 nitrogen and oxygen atoms in total.